The molecule has 3 rings (SSSR count). The Hall–Kier alpha value is -1.88. The van der Waals surface area contributed by atoms with Crippen LogP contribution in [0.15, 0.2) is 52.2 Å². The summed E-state index contributed by atoms with van der Waals surface area (Å²) in [5, 5.41) is 0. The van der Waals surface area contributed by atoms with Crippen LogP contribution < -0.4 is 10.6 Å². The van der Waals surface area contributed by atoms with Crippen molar-refractivity contribution in [3.05, 3.63) is 58.3 Å². The number of nitrogens with zero attached hydrogens (tertiary/aromatic N) is 3. The lowest BCUT2D eigenvalue weighted by atomic mass is 10.1. The van der Waals surface area contributed by atoms with Crippen molar-refractivity contribution < 1.29 is 0 Å². The van der Waals surface area contributed by atoms with Gasteiger partial charge in [-0.1, -0.05) is 17.7 Å². The monoisotopic (exact) mass is 330 g/mol. The third-order valence-corrected chi connectivity index (χ3v) is 3.84. The summed E-state index contributed by atoms with van der Waals surface area (Å²) in [5.74, 6) is 0.554. The zero-order chi connectivity index (χ0) is 14.1. The Labute approximate surface area is 126 Å². The van der Waals surface area contributed by atoms with Gasteiger partial charge in [0.05, 0.1) is 12.6 Å². The van der Waals surface area contributed by atoms with Crippen LogP contribution in [0.1, 0.15) is 17.2 Å². The van der Waals surface area contributed by atoms with Gasteiger partial charge in [-0.3, -0.25) is 9.98 Å². The lowest BCUT2D eigenvalue weighted by Crippen LogP contribution is -2.36. The molecule has 1 aliphatic rings. The minimum absolute atomic E-state index is 0.0997. The minimum Gasteiger partial charge on any atom is -0.369 e. The lowest BCUT2D eigenvalue weighted by molar-refractivity contribution is 0.763. The molecule has 0 saturated carbocycles. The van der Waals surface area contributed by atoms with Gasteiger partial charge in [0.15, 0.2) is 5.96 Å². The van der Waals surface area contributed by atoms with E-state index in [2.05, 4.69) is 68.1 Å². The number of halogens is 1. The molecular formula is C15H15BrN4. The molecule has 2 heterocycles. The molecule has 4 nitrogen and oxygen atoms in total. The summed E-state index contributed by atoms with van der Waals surface area (Å²) in [6, 6.07) is 10.5. The Morgan fingerprint density at radius 3 is 2.70 bits per heavy atom. The Morgan fingerprint density at radius 2 is 2.00 bits per heavy atom. The fourth-order valence-corrected chi connectivity index (χ4v) is 2.76. The molecule has 102 valence electrons. The summed E-state index contributed by atoms with van der Waals surface area (Å²) in [7, 11) is 0. The van der Waals surface area contributed by atoms with E-state index in [1.807, 2.05) is 6.20 Å². The largest absolute Gasteiger partial charge is 0.369 e. The molecule has 0 radical (unpaired) electrons. The van der Waals surface area contributed by atoms with Gasteiger partial charge in [0.2, 0.25) is 0 Å². The number of hydrogen-bond acceptors (Lipinski definition) is 4. The van der Waals surface area contributed by atoms with Crippen LogP contribution in [0.2, 0.25) is 0 Å². The first-order valence-corrected chi connectivity index (χ1v) is 7.21. The first-order valence-electron chi connectivity index (χ1n) is 6.41. The molecule has 2 aromatic rings. The fraction of sp³-hybridized carbons (Fsp3) is 0.200. The normalized spacial score (nSPS) is 18.2. The van der Waals surface area contributed by atoms with E-state index in [1.54, 1.807) is 6.20 Å². The van der Waals surface area contributed by atoms with E-state index < -0.39 is 0 Å². The molecule has 0 saturated heterocycles. The molecule has 0 amide bonds. The molecule has 1 aromatic carbocycles. The SMILES string of the molecule is Cc1ccc(N2C(N)=NCC2c2cncc(Br)c2)cc1. The highest BCUT2D eigenvalue weighted by molar-refractivity contribution is 9.10. The van der Waals surface area contributed by atoms with E-state index in [1.165, 1.54) is 5.56 Å². The predicted octanol–water partition coefficient (Wildman–Crippen LogP) is 3.03. The number of benzene rings is 1. The molecule has 2 N–H and O–H groups in total. The molecule has 0 aliphatic carbocycles. The molecule has 1 atom stereocenters. The van der Waals surface area contributed by atoms with Crippen molar-refractivity contribution in [2.75, 3.05) is 11.4 Å². The molecule has 0 spiro atoms. The van der Waals surface area contributed by atoms with Crippen molar-refractivity contribution in [1.29, 1.82) is 0 Å². The Morgan fingerprint density at radius 1 is 1.25 bits per heavy atom. The summed E-state index contributed by atoms with van der Waals surface area (Å²) >= 11 is 3.46. The van der Waals surface area contributed by atoms with Crippen LogP contribution in [-0.2, 0) is 0 Å². The topological polar surface area (TPSA) is 54.5 Å². The van der Waals surface area contributed by atoms with Crippen molar-refractivity contribution >= 4 is 27.6 Å². The van der Waals surface area contributed by atoms with Gasteiger partial charge in [-0.05, 0) is 46.6 Å². The van der Waals surface area contributed by atoms with E-state index in [-0.39, 0.29) is 6.04 Å². The second kappa shape index (κ2) is 5.25. The van der Waals surface area contributed by atoms with Gasteiger partial charge in [0.25, 0.3) is 0 Å². The van der Waals surface area contributed by atoms with Crippen LogP contribution in [-0.4, -0.2) is 17.5 Å². The smallest absolute Gasteiger partial charge is 0.196 e. The molecule has 1 unspecified atom stereocenters. The van der Waals surface area contributed by atoms with E-state index in [9.17, 15) is 0 Å². The molecule has 20 heavy (non-hydrogen) atoms. The Kier molecular flexibility index (Phi) is 3.44. The van der Waals surface area contributed by atoms with Crippen molar-refractivity contribution in [3.8, 4) is 0 Å². The van der Waals surface area contributed by atoms with Crippen LogP contribution in [0.5, 0.6) is 0 Å². The predicted molar refractivity (Wildman–Crippen MR) is 84.8 cm³/mol. The number of pyridine rings is 1. The van der Waals surface area contributed by atoms with Crippen molar-refractivity contribution in [2.45, 2.75) is 13.0 Å². The van der Waals surface area contributed by atoms with E-state index in [4.69, 9.17) is 5.73 Å². The quantitative estimate of drug-likeness (QED) is 0.920. The number of aliphatic imine (C=N–C) groups is 1. The molecular weight excluding hydrogens is 316 g/mol. The minimum atomic E-state index is 0.0997. The van der Waals surface area contributed by atoms with Crippen LogP contribution in [0.25, 0.3) is 0 Å². The maximum atomic E-state index is 6.06. The fourth-order valence-electron chi connectivity index (χ4n) is 2.38. The van der Waals surface area contributed by atoms with Gasteiger partial charge >= 0.3 is 0 Å². The zero-order valence-electron chi connectivity index (χ0n) is 11.1. The van der Waals surface area contributed by atoms with Gasteiger partial charge in [-0.15, -0.1) is 0 Å². The first kappa shape index (κ1) is 13.1. The number of rotatable bonds is 2. The van der Waals surface area contributed by atoms with E-state index in [0.29, 0.717) is 12.5 Å². The summed E-state index contributed by atoms with van der Waals surface area (Å²) in [4.78, 5) is 10.7. The average Bonchev–Trinajstić information content (AvgIpc) is 2.82. The van der Waals surface area contributed by atoms with Gasteiger partial charge < -0.3 is 10.6 Å². The number of hydrogen-bond donors (Lipinski definition) is 1. The Balaban J connectivity index is 1.98. The first-order chi connectivity index (χ1) is 9.65. The average molecular weight is 331 g/mol. The van der Waals surface area contributed by atoms with Crippen LogP contribution in [0.3, 0.4) is 0 Å². The summed E-state index contributed by atoms with van der Waals surface area (Å²) in [6.07, 6.45) is 3.64. The third kappa shape index (κ3) is 2.41. The van der Waals surface area contributed by atoms with Gasteiger partial charge in [0.1, 0.15) is 0 Å². The van der Waals surface area contributed by atoms with Gasteiger partial charge in [-0.25, -0.2) is 0 Å². The van der Waals surface area contributed by atoms with Gasteiger partial charge in [-0.2, -0.15) is 0 Å². The standard InChI is InChI=1S/C15H15BrN4/c1-10-2-4-13(5-3-10)20-14(9-19-15(20)17)11-6-12(16)8-18-7-11/h2-8,14H,9H2,1H3,(H2,17,19). The summed E-state index contributed by atoms with van der Waals surface area (Å²) < 4.78 is 0.962. The Bertz CT molecular complexity index is 651. The zero-order valence-corrected chi connectivity index (χ0v) is 12.7. The molecule has 0 fully saturated rings. The number of anilines is 1. The molecule has 1 aliphatic heterocycles. The van der Waals surface area contributed by atoms with E-state index in [0.717, 1.165) is 15.7 Å². The molecule has 1 aromatic heterocycles. The van der Waals surface area contributed by atoms with Crippen LogP contribution in [0.4, 0.5) is 5.69 Å². The van der Waals surface area contributed by atoms with Crippen molar-refractivity contribution in [1.82, 2.24) is 4.98 Å². The maximum Gasteiger partial charge on any atom is 0.196 e. The van der Waals surface area contributed by atoms with Crippen molar-refractivity contribution in [2.24, 2.45) is 10.7 Å². The molecule has 0 bridgehead atoms. The highest BCUT2D eigenvalue weighted by Crippen LogP contribution is 2.31. The number of guanidine groups is 1. The number of aromatic nitrogens is 1. The number of nitrogens with two attached hydrogens (primary N) is 1. The van der Waals surface area contributed by atoms with Crippen molar-refractivity contribution in [3.63, 3.8) is 0 Å². The number of aryl methyl sites for hydroxylation is 1. The second-order valence-corrected chi connectivity index (χ2v) is 5.77. The highest BCUT2D eigenvalue weighted by Gasteiger charge is 2.29. The van der Waals surface area contributed by atoms with Crippen LogP contribution in [0, 0.1) is 6.92 Å². The van der Waals surface area contributed by atoms with Gasteiger partial charge in [0, 0.05) is 22.6 Å². The molecule has 5 heteroatoms. The van der Waals surface area contributed by atoms with E-state index >= 15 is 0 Å². The lowest BCUT2D eigenvalue weighted by Gasteiger charge is -2.26. The van der Waals surface area contributed by atoms with Crippen LogP contribution >= 0.6 is 15.9 Å². The summed E-state index contributed by atoms with van der Waals surface area (Å²) in [6.45, 7) is 2.72. The highest BCUT2D eigenvalue weighted by atomic mass is 79.9. The maximum absolute atomic E-state index is 6.06. The third-order valence-electron chi connectivity index (χ3n) is 3.41. The summed E-state index contributed by atoms with van der Waals surface area (Å²) in [5.41, 5.74) is 9.44. The second-order valence-electron chi connectivity index (χ2n) is 4.86.